The molecule has 3 aliphatic rings. The van der Waals surface area contributed by atoms with Crippen LogP contribution in [0.4, 0.5) is 4.79 Å². The zero-order chi connectivity index (χ0) is 13.3. The predicted octanol–water partition coefficient (Wildman–Crippen LogP) is 1.69. The van der Waals surface area contributed by atoms with Crippen molar-refractivity contribution >= 4 is 13.2 Å². The number of fused-ring (bicyclic) bond motifs is 1. The Hall–Kier alpha value is -0.745. The van der Waals surface area contributed by atoms with Gasteiger partial charge in [0.1, 0.15) is 0 Å². The third kappa shape index (κ3) is 1.58. The average Bonchev–Trinajstić information content (AvgIpc) is 2.60. The van der Waals surface area contributed by atoms with Gasteiger partial charge in [-0.15, -0.1) is 0 Å². The van der Waals surface area contributed by atoms with Crippen molar-refractivity contribution in [3.8, 4) is 0 Å². The van der Waals surface area contributed by atoms with Crippen molar-refractivity contribution in [3.05, 3.63) is 0 Å². The first-order valence-corrected chi connectivity index (χ1v) is 6.56. The van der Waals surface area contributed by atoms with E-state index in [4.69, 9.17) is 14.4 Å². The minimum atomic E-state index is -0.810. The van der Waals surface area contributed by atoms with E-state index in [2.05, 4.69) is 27.7 Å². The van der Waals surface area contributed by atoms with E-state index in [1.807, 2.05) is 0 Å². The van der Waals surface area contributed by atoms with Crippen LogP contribution in [0.15, 0.2) is 0 Å². The lowest BCUT2D eigenvalue weighted by molar-refractivity contribution is 0.00578. The Morgan fingerprint density at radius 1 is 1.17 bits per heavy atom. The Labute approximate surface area is 108 Å². The summed E-state index contributed by atoms with van der Waals surface area (Å²) in [5.74, 6) is 1.23. The SMILES string of the molecule is CC1(C)OB(C2[C@H]3CN(C(=O)O)C[C@@H]23)OC1(C)C. The third-order valence-electron chi connectivity index (χ3n) is 5.12. The molecule has 0 aromatic carbocycles. The van der Waals surface area contributed by atoms with E-state index in [-0.39, 0.29) is 18.3 Å². The van der Waals surface area contributed by atoms with Gasteiger partial charge in [0.05, 0.1) is 11.2 Å². The van der Waals surface area contributed by atoms with E-state index >= 15 is 0 Å². The molecule has 1 unspecified atom stereocenters. The summed E-state index contributed by atoms with van der Waals surface area (Å²) in [7, 11) is -0.166. The van der Waals surface area contributed by atoms with Gasteiger partial charge < -0.3 is 19.3 Å². The number of amides is 1. The Balaban J connectivity index is 1.64. The number of nitrogens with zero attached hydrogens (tertiary/aromatic N) is 1. The number of hydrogen-bond acceptors (Lipinski definition) is 3. The Morgan fingerprint density at radius 3 is 2.00 bits per heavy atom. The predicted molar refractivity (Wildman–Crippen MR) is 66.4 cm³/mol. The molecule has 3 fully saturated rings. The Kier molecular flexibility index (Phi) is 2.34. The van der Waals surface area contributed by atoms with Gasteiger partial charge in [0.25, 0.3) is 0 Å². The minimum Gasteiger partial charge on any atom is -0.465 e. The monoisotopic (exact) mass is 253 g/mol. The second kappa shape index (κ2) is 3.42. The highest BCUT2D eigenvalue weighted by atomic mass is 16.7. The highest BCUT2D eigenvalue weighted by Gasteiger charge is 2.67. The molecule has 1 aliphatic carbocycles. The number of likely N-dealkylation sites (tertiary alicyclic amines) is 1. The molecule has 0 aromatic rings. The van der Waals surface area contributed by atoms with E-state index in [0.717, 1.165) is 0 Å². The van der Waals surface area contributed by atoms with Gasteiger partial charge >= 0.3 is 13.2 Å². The summed E-state index contributed by atoms with van der Waals surface area (Å²) in [5.41, 5.74) is -0.581. The molecule has 0 radical (unpaired) electrons. The van der Waals surface area contributed by atoms with Gasteiger partial charge in [-0.1, -0.05) is 0 Å². The summed E-state index contributed by atoms with van der Waals surface area (Å²) in [5, 5.41) is 8.93. The molecule has 1 saturated carbocycles. The van der Waals surface area contributed by atoms with Crippen LogP contribution in [0.3, 0.4) is 0 Å². The minimum absolute atomic E-state index is 0.166. The van der Waals surface area contributed by atoms with Crippen molar-refractivity contribution in [2.45, 2.75) is 44.7 Å². The Morgan fingerprint density at radius 2 is 1.61 bits per heavy atom. The standard InChI is InChI=1S/C12H20BNO4/c1-11(2)12(3,4)18-13(17-11)9-7-5-14(10(15)16)6-8(7)9/h7-9H,5-6H2,1-4H3,(H,15,16)/t7-,8+,9?. The van der Waals surface area contributed by atoms with Gasteiger partial charge in [0.2, 0.25) is 0 Å². The molecular weight excluding hydrogens is 233 g/mol. The van der Waals surface area contributed by atoms with Crippen LogP contribution in [0, 0.1) is 11.8 Å². The van der Waals surface area contributed by atoms with E-state index in [1.54, 1.807) is 0 Å². The Bertz CT molecular complexity index is 370. The average molecular weight is 253 g/mol. The molecule has 1 amide bonds. The highest BCUT2D eigenvalue weighted by molar-refractivity contribution is 6.49. The first-order valence-electron chi connectivity index (χ1n) is 6.56. The molecule has 0 spiro atoms. The fourth-order valence-corrected chi connectivity index (χ4v) is 3.18. The molecule has 3 rings (SSSR count). The molecule has 2 heterocycles. The van der Waals surface area contributed by atoms with Crippen molar-refractivity contribution in [3.63, 3.8) is 0 Å². The van der Waals surface area contributed by atoms with Crippen molar-refractivity contribution in [1.29, 1.82) is 0 Å². The molecule has 2 saturated heterocycles. The zero-order valence-electron chi connectivity index (χ0n) is 11.3. The van der Waals surface area contributed by atoms with Crippen molar-refractivity contribution in [2.24, 2.45) is 11.8 Å². The van der Waals surface area contributed by atoms with Gasteiger partial charge in [-0.3, -0.25) is 0 Å². The molecule has 0 aromatic heterocycles. The van der Waals surface area contributed by atoms with Gasteiger partial charge in [0, 0.05) is 18.9 Å². The van der Waals surface area contributed by atoms with Gasteiger partial charge in [0.15, 0.2) is 0 Å². The number of rotatable bonds is 1. The number of hydrogen-bond donors (Lipinski definition) is 1. The summed E-state index contributed by atoms with van der Waals surface area (Å²) in [6.07, 6.45) is -0.810. The van der Waals surface area contributed by atoms with E-state index in [1.165, 1.54) is 4.90 Å². The second-order valence-corrected chi connectivity index (χ2v) is 6.72. The lowest BCUT2D eigenvalue weighted by atomic mass is 9.79. The van der Waals surface area contributed by atoms with Gasteiger partial charge in [-0.25, -0.2) is 4.79 Å². The maximum Gasteiger partial charge on any atom is 0.461 e. The topological polar surface area (TPSA) is 59.0 Å². The summed E-state index contributed by atoms with van der Waals surface area (Å²) >= 11 is 0. The fourth-order valence-electron chi connectivity index (χ4n) is 3.18. The van der Waals surface area contributed by atoms with Crippen molar-refractivity contribution in [1.82, 2.24) is 4.90 Å². The summed E-state index contributed by atoms with van der Waals surface area (Å²) in [6, 6.07) is 0. The normalized spacial score (nSPS) is 39.9. The van der Waals surface area contributed by atoms with Crippen LogP contribution in [0.5, 0.6) is 0 Å². The first kappa shape index (κ1) is 12.3. The maximum absolute atomic E-state index is 10.9. The first-order chi connectivity index (χ1) is 8.23. The van der Waals surface area contributed by atoms with Crippen LogP contribution in [-0.4, -0.2) is 47.5 Å². The molecule has 3 atom stereocenters. The van der Waals surface area contributed by atoms with Crippen LogP contribution >= 0.6 is 0 Å². The van der Waals surface area contributed by atoms with E-state index in [0.29, 0.717) is 30.7 Å². The number of carbonyl (C=O) groups is 1. The summed E-state index contributed by atoms with van der Waals surface area (Å²) in [6.45, 7) is 9.47. The van der Waals surface area contributed by atoms with E-state index in [9.17, 15) is 4.79 Å². The van der Waals surface area contributed by atoms with E-state index < -0.39 is 6.09 Å². The third-order valence-corrected chi connectivity index (χ3v) is 5.12. The molecule has 1 N–H and O–H groups in total. The molecule has 18 heavy (non-hydrogen) atoms. The number of carboxylic acid groups (broad SMARTS) is 1. The lowest BCUT2D eigenvalue weighted by Gasteiger charge is -2.32. The van der Waals surface area contributed by atoms with Crippen molar-refractivity contribution in [2.75, 3.05) is 13.1 Å². The molecule has 100 valence electrons. The highest BCUT2D eigenvalue weighted by Crippen LogP contribution is 2.61. The summed E-state index contributed by atoms with van der Waals surface area (Å²) in [4.78, 5) is 12.4. The van der Waals surface area contributed by atoms with Crippen LogP contribution < -0.4 is 0 Å². The molecular formula is C12H20BNO4. The summed E-state index contributed by atoms with van der Waals surface area (Å²) < 4.78 is 12.1. The maximum atomic E-state index is 10.9. The van der Waals surface area contributed by atoms with Crippen LogP contribution in [-0.2, 0) is 9.31 Å². The molecule has 5 nitrogen and oxygen atoms in total. The smallest absolute Gasteiger partial charge is 0.461 e. The second-order valence-electron chi connectivity index (χ2n) is 6.72. The fraction of sp³-hybridized carbons (Fsp3) is 0.917. The van der Waals surface area contributed by atoms with Crippen LogP contribution in [0.1, 0.15) is 27.7 Å². The quantitative estimate of drug-likeness (QED) is 0.722. The molecule has 2 aliphatic heterocycles. The lowest BCUT2D eigenvalue weighted by Crippen LogP contribution is -2.41. The number of piperidine rings is 1. The van der Waals surface area contributed by atoms with Crippen LogP contribution in [0.2, 0.25) is 5.82 Å². The zero-order valence-corrected chi connectivity index (χ0v) is 11.3. The van der Waals surface area contributed by atoms with Crippen LogP contribution in [0.25, 0.3) is 0 Å². The van der Waals surface area contributed by atoms with Gasteiger partial charge in [-0.05, 0) is 39.5 Å². The van der Waals surface area contributed by atoms with Gasteiger partial charge in [-0.2, -0.15) is 0 Å². The molecule has 0 bridgehead atoms. The van der Waals surface area contributed by atoms with Crippen molar-refractivity contribution < 1.29 is 19.2 Å². The largest absolute Gasteiger partial charge is 0.465 e. The molecule has 6 heteroatoms.